The fraction of sp³-hybridized carbons (Fsp3) is 0.133. The number of alkyl halides is 3. The van der Waals surface area contributed by atoms with Crippen molar-refractivity contribution in [1.82, 2.24) is 0 Å². The van der Waals surface area contributed by atoms with Gasteiger partial charge in [0.25, 0.3) is 5.91 Å². The van der Waals surface area contributed by atoms with Crippen LogP contribution in [0.5, 0.6) is 5.75 Å². The van der Waals surface area contributed by atoms with Crippen molar-refractivity contribution in [3.05, 3.63) is 59.1 Å². The zero-order valence-electron chi connectivity index (χ0n) is 11.2. The Hall–Kier alpha value is -2.21. The average Bonchev–Trinajstić information content (AvgIpc) is 2.46. The molecular weight excluding hydrogens is 319 g/mol. The van der Waals surface area contributed by atoms with Crippen molar-refractivity contribution in [2.24, 2.45) is 0 Å². The Morgan fingerprint density at radius 3 is 2.18 bits per heavy atom. The smallest absolute Gasteiger partial charge is 0.416 e. The summed E-state index contributed by atoms with van der Waals surface area (Å²) >= 11 is 5.71. The van der Waals surface area contributed by atoms with Gasteiger partial charge in [0.2, 0.25) is 0 Å². The largest absolute Gasteiger partial charge is 0.484 e. The Morgan fingerprint density at radius 1 is 1.05 bits per heavy atom. The van der Waals surface area contributed by atoms with Gasteiger partial charge in [0.15, 0.2) is 6.61 Å². The zero-order chi connectivity index (χ0) is 16.2. The predicted molar refractivity (Wildman–Crippen MR) is 77.0 cm³/mol. The molecule has 22 heavy (non-hydrogen) atoms. The van der Waals surface area contributed by atoms with Gasteiger partial charge in [0.05, 0.1) is 5.56 Å². The van der Waals surface area contributed by atoms with Gasteiger partial charge in [-0.1, -0.05) is 11.6 Å². The van der Waals surface area contributed by atoms with Crippen molar-refractivity contribution in [2.45, 2.75) is 6.18 Å². The summed E-state index contributed by atoms with van der Waals surface area (Å²) in [4.78, 5) is 11.7. The van der Waals surface area contributed by atoms with Crippen LogP contribution < -0.4 is 10.1 Å². The molecule has 116 valence electrons. The first-order chi connectivity index (χ1) is 10.3. The maximum atomic E-state index is 12.4. The summed E-state index contributed by atoms with van der Waals surface area (Å²) in [6.45, 7) is -0.261. The van der Waals surface area contributed by atoms with Crippen molar-refractivity contribution in [2.75, 3.05) is 11.9 Å². The first kappa shape index (κ1) is 16.2. The fourth-order valence-corrected chi connectivity index (χ4v) is 1.75. The summed E-state index contributed by atoms with van der Waals surface area (Å²) in [7, 11) is 0. The van der Waals surface area contributed by atoms with Crippen molar-refractivity contribution < 1.29 is 22.7 Å². The highest BCUT2D eigenvalue weighted by Gasteiger charge is 2.29. The van der Waals surface area contributed by atoms with Gasteiger partial charge in [-0.05, 0) is 48.5 Å². The number of amides is 1. The molecular formula is C15H11ClF3NO2. The average molecular weight is 330 g/mol. The van der Waals surface area contributed by atoms with Gasteiger partial charge in [0.1, 0.15) is 5.75 Å². The third kappa shape index (κ3) is 4.66. The fourth-order valence-electron chi connectivity index (χ4n) is 1.62. The van der Waals surface area contributed by atoms with Gasteiger partial charge in [0, 0.05) is 10.7 Å². The lowest BCUT2D eigenvalue weighted by Gasteiger charge is -2.09. The Bertz CT molecular complexity index is 639. The van der Waals surface area contributed by atoms with Gasteiger partial charge in [-0.2, -0.15) is 13.2 Å². The maximum Gasteiger partial charge on any atom is 0.416 e. The minimum atomic E-state index is -4.40. The molecule has 3 nitrogen and oxygen atoms in total. The Balaban J connectivity index is 1.88. The summed E-state index contributed by atoms with van der Waals surface area (Å²) in [6.07, 6.45) is -4.40. The van der Waals surface area contributed by atoms with E-state index in [-0.39, 0.29) is 12.3 Å². The number of hydrogen-bond donors (Lipinski definition) is 1. The second-order valence-electron chi connectivity index (χ2n) is 4.37. The van der Waals surface area contributed by atoms with Crippen LogP contribution in [-0.2, 0) is 11.0 Å². The lowest BCUT2D eigenvalue weighted by molar-refractivity contribution is -0.137. The predicted octanol–water partition coefficient (Wildman–Crippen LogP) is 4.38. The second-order valence-corrected chi connectivity index (χ2v) is 4.80. The summed E-state index contributed by atoms with van der Waals surface area (Å²) < 4.78 is 42.4. The standard InChI is InChI=1S/C15H11ClF3NO2/c16-11-3-7-13(8-4-11)22-9-14(21)20-12-5-1-10(2-6-12)15(17,18)19/h1-8H,9H2,(H,20,21). The van der Waals surface area contributed by atoms with Crippen LogP contribution in [-0.4, -0.2) is 12.5 Å². The van der Waals surface area contributed by atoms with Crippen molar-refractivity contribution in [1.29, 1.82) is 0 Å². The third-order valence-corrected chi connectivity index (χ3v) is 2.93. The molecule has 0 saturated heterocycles. The van der Waals surface area contributed by atoms with Crippen LogP contribution in [0.25, 0.3) is 0 Å². The van der Waals surface area contributed by atoms with E-state index in [1.807, 2.05) is 0 Å². The molecule has 0 aromatic heterocycles. The highest BCUT2D eigenvalue weighted by molar-refractivity contribution is 6.30. The summed E-state index contributed by atoms with van der Waals surface area (Å²) in [5, 5.41) is 2.99. The molecule has 0 bridgehead atoms. The molecule has 0 aliphatic rings. The number of ether oxygens (including phenoxy) is 1. The van der Waals surface area contributed by atoms with E-state index < -0.39 is 17.6 Å². The van der Waals surface area contributed by atoms with Crippen LogP contribution in [0.4, 0.5) is 18.9 Å². The van der Waals surface area contributed by atoms with Gasteiger partial charge in [-0.25, -0.2) is 0 Å². The van der Waals surface area contributed by atoms with Crippen LogP contribution in [0, 0.1) is 0 Å². The van der Waals surface area contributed by atoms with E-state index in [1.165, 1.54) is 12.1 Å². The maximum absolute atomic E-state index is 12.4. The first-order valence-corrected chi connectivity index (χ1v) is 6.58. The highest BCUT2D eigenvalue weighted by atomic mass is 35.5. The number of benzene rings is 2. The molecule has 0 aliphatic heterocycles. The van der Waals surface area contributed by atoms with Gasteiger partial charge in [-0.3, -0.25) is 4.79 Å². The molecule has 0 heterocycles. The molecule has 2 aromatic rings. The normalized spacial score (nSPS) is 11.1. The zero-order valence-corrected chi connectivity index (χ0v) is 11.9. The molecule has 1 N–H and O–H groups in total. The van der Waals surface area contributed by atoms with E-state index in [4.69, 9.17) is 16.3 Å². The Labute approximate surface area is 129 Å². The number of hydrogen-bond acceptors (Lipinski definition) is 2. The molecule has 0 aliphatic carbocycles. The Morgan fingerprint density at radius 2 is 1.64 bits per heavy atom. The monoisotopic (exact) mass is 329 g/mol. The molecule has 0 spiro atoms. The number of carbonyl (C=O) groups excluding carboxylic acids is 1. The highest BCUT2D eigenvalue weighted by Crippen LogP contribution is 2.29. The van der Waals surface area contributed by atoms with Crippen LogP contribution in [0.1, 0.15) is 5.56 Å². The van der Waals surface area contributed by atoms with E-state index in [0.717, 1.165) is 12.1 Å². The number of carbonyl (C=O) groups is 1. The van der Waals surface area contributed by atoms with Crippen LogP contribution in [0.15, 0.2) is 48.5 Å². The van der Waals surface area contributed by atoms with Crippen molar-refractivity contribution in [3.8, 4) is 5.75 Å². The van der Waals surface area contributed by atoms with Crippen LogP contribution in [0.2, 0.25) is 5.02 Å². The van der Waals surface area contributed by atoms with Crippen LogP contribution >= 0.6 is 11.6 Å². The Kier molecular flexibility index (Phi) is 4.92. The van der Waals surface area contributed by atoms with E-state index in [1.54, 1.807) is 24.3 Å². The lowest BCUT2D eigenvalue weighted by atomic mass is 10.2. The van der Waals surface area contributed by atoms with Crippen LogP contribution in [0.3, 0.4) is 0 Å². The van der Waals surface area contributed by atoms with Crippen molar-refractivity contribution in [3.63, 3.8) is 0 Å². The molecule has 0 atom stereocenters. The lowest BCUT2D eigenvalue weighted by Crippen LogP contribution is -2.20. The summed E-state index contributed by atoms with van der Waals surface area (Å²) in [5.41, 5.74) is -0.513. The third-order valence-electron chi connectivity index (χ3n) is 2.68. The van der Waals surface area contributed by atoms with E-state index in [9.17, 15) is 18.0 Å². The van der Waals surface area contributed by atoms with Gasteiger partial charge >= 0.3 is 6.18 Å². The summed E-state index contributed by atoms with van der Waals surface area (Å²) in [5.74, 6) is -0.0123. The van der Waals surface area contributed by atoms with E-state index >= 15 is 0 Å². The second kappa shape index (κ2) is 6.70. The SMILES string of the molecule is O=C(COc1ccc(Cl)cc1)Nc1ccc(C(F)(F)F)cc1. The van der Waals surface area contributed by atoms with Crippen molar-refractivity contribution >= 4 is 23.2 Å². The number of anilines is 1. The topological polar surface area (TPSA) is 38.3 Å². The molecule has 2 rings (SSSR count). The number of halogens is 4. The number of rotatable bonds is 4. The molecule has 1 amide bonds. The molecule has 0 radical (unpaired) electrons. The minimum absolute atomic E-state index is 0.261. The van der Waals surface area contributed by atoms with Gasteiger partial charge in [-0.15, -0.1) is 0 Å². The van der Waals surface area contributed by atoms with E-state index in [2.05, 4.69) is 5.32 Å². The summed E-state index contributed by atoms with van der Waals surface area (Å²) in [6, 6.07) is 10.6. The van der Waals surface area contributed by atoms with Gasteiger partial charge < -0.3 is 10.1 Å². The van der Waals surface area contributed by atoms with E-state index in [0.29, 0.717) is 10.8 Å². The number of nitrogens with one attached hydrogen (secondary N) is 1. The molecule has 0 saturated carbocycles. The first-order valence-electron chi connectivity index (χ1n) is 6.20. The molecule has 0 fully saturated rings. The molecule has 7 heteroatoms. The molecule has 2 aromatic carbocycles. The minimum Gasteiger partial charge on any atom is -0.484 e. The molecule has 0 unspecified atom stereocenters. The quantitative estimate of drug-likeness (QED) is 0.904.